The number of carbonyl (C=O) groups is 3. The predicted molar refractivity (Wildman–Crippen MR) is 125 cm³/mol. The SMILES string of the molecule is COc1cc(N2C(=O)[C@@H]3[C@H]4CCCN4[C@@]4(C(=O)Nc5ccc(Cl)cc54)[C@@H]3C2=O)c(C)cc1[N+](=O)[O-]. The highest BCUT2D eigenvalue weighted by molar-refractivity contribution is 6.31. The summed E-state index contributed by atoms with van der Waals surface area (Å²) in [6.45, 7) is 2.19. The van der Waals surface area contributed by atoms with Crippen LogP contribution in [0.3, 0.4) is 0 Å². The molecule has 1 spiro atoms. The zero-order chi connectivity index (χ0) is 24.8. The summed E-state index contributed by atoms with van der Waals surface area (Å²) in [5.74, 6) is -2.97. The van der Waals surface area contributed by atoms with Crippen molar-refractivity contribution < 1.29 is 24.0 Å². The molecule has 11 heteroatoms. The summed E-state index contributed by atoms with van der Waals surface area (Å²) >= 11 is 6.31. The molecule has 3 saturated heterocycles. The Labute approximate surface area is 204 Å². The molecule has 3 fully saturated rings. The van der Waals surface area contributed by atoms with E-state index in [9.17, 15) is 24.5 Å². The summed E-state index contributed by atoms with van der Waals surface area (Å²) in [5.41, 5.74) is 0.196. The number of aryl methyl sites for hydroxylation is 1. The number of nitrogens with zero attached hydrogens (tertiary/aromatic N) is 3. The quantitative estimate of drug-likeness (QED) is 0.393. The minimum Gasteiger partial charge on any atom is -0.490 e. The van der Waals surface area contributed by atoms with Crippen LogP contribution in [-0.2, 0) is 19.9 Å². The van der Waals surface area contributed by atoms with Gasteiger partial charge in [0.15, 0.2) is 5.75 Å². The molecule has 4 atom stereocenters. The lowest BCUT2D eigenvalue weighted by molar-refractivity contribution is -0.385. The number of imide groups is 1. The number of hydrogen-bond donors (Lipinski definition) is 1. The molecule has 4 aliphatic rings. The minimum atomic E-state index is -1.34. The predicted octanol–water partition coefficient (Wildman–Crippen LogP) is 3.00. The highest BCUT2D eigenvalue weighted by Gasteiger charge is 2.74. The number of ether oxygens (including phenoxy) is 1. The van der Waals surface area contributed by atoms with Gasteiger partial charge in [-0.2, -0.15) is 0 Å². The van der Waals surface area contributed by atoms with E-state index >= 15 is 0 Å². The molecule has 0 radical (unpaired) electrons. The van der Waals surface area contributed by atoms with Gasteiger partial charge in [-0.3, -0.25) is 29.4 Å². The molecule has 0 unspecified atom stereocenters. The van der Waals surface area contributed by atoms with Crippen molar-refractivity contribution in [2.24, 2.45) is 11.8 Å². The van der Waals surface area contributed by atoms with Crippen LogP contribution in [0.15, 0.2) is 30.3 Å². The van der Waals surface area contributed by atoms with Crippen LogP contribution in [0.25, 0.3) is 0 Å². The summed E-state index contributed by atoms with van der Waals surface area (Å²) in [6.07, 6.45) is 1.48. The van der Waals surface area contributed by atoms with Gasteiger partial charge in [-0.1, -0.05) is 11.6 Å². The lowest BCUT2D eigenvalue weighted by atomic mass is 9.75. The maximum absolute atomic E-state index is 14.1. The normalized spacial score (nSPS) is 28.9. The molecular formula is C24H21ClN4O6. The molecule has 180 valence electrons. The van der Waals surface area contributed by atoms with Crippen LogP contribution in [0.1, 0.15) is 24.0 Å². The number of amides is 3. The van der Waals surface area contributed by atoms with Crippen LogP contribution < -0.4 is 15.0 Å². The van der Waals surface area contributed by atoms with Gasteiger partial charge >= 0.3 is 5.69 Å². The van der Waals surface area contributed by atoms with Gasteiger partial charge in [-0.05, 0) is 50.1 Å². The van der Waals surface area contributed by atoms with Crippen LogP contribution >= 0.6 is 11.6 Å². The van der Waals surface area contributed by atoms with Crippen LogP contribution in [-0.4, -0.2) is 47.2 Å². The van der Waals surface area contributed by atoms with Gasteiger partial charge in [-0.25, -0.2) is 4.90 Å². The van der Waals surface area contributed by atoms with E-state index in [2.05, 4.69) is 5.32 Å². The molecule has 2 aromatic carbocycles. The molecular weight excluding hydrogens is 476 g/mol. The molecule has 0 bridgehead atoms. The number of anilines is 2. The van der Waals surface area contributed by atoms with E-state index in [-0.39, 0.29) is 29.1 Å². The van der Waals surface area contributed by atoms with Gasteiger partial charge in [0.25, 0.3) is 0 Å². The van der Waals surface area contributed by atoms with Gasteiger partial charge < -0.3 is 10.1 Å². The number of nitro benzene ring substituents is 1. The zero-order valence-corrected chi connectivity index (χ0v) is 19.7. The van der Waals surface area contributed by atoms with E-state index in [0.29, 0.717) is 34.8 Å². The van der Waals surface area contributed by atoms with Crippen LogP contribution in [0, 0.1) is 28.9 Å². The second kappa shape index (κ2) is 7.25. The number of nitro groups is 1. The van der Waals surface area contributed by atoms with Crippen LogP contribution in [0.4, 0.5) is 17.1 Å². The average molecular weight is 497 g/mol. The van der Waals surface area contributed by atoms with Crippen molar-refractivity contribution >= 4 is 46.4 Å². The number of methoxy groups -OCH3 is 1. The van der Waals surface area contributed by atoms with Gasteiger partial charge in [0, 0.05) is 34.4 Å². The third-order valence-electron chi connectivity index (χ3n) is 7.89. The first-order valence-corrected chi connectivity index (χ1v) is 11.7. The Morgan fingerprint density at radius 3 is 2.69 bits per heavy atom. The van der Waals surface area contributed by atoms with Gasteiger partial charge in [0.05, 0.1) is 29.6 Å². The fourth-order valence-electron chi connectivity index (χ4n) is 6.62. The fraction of sp³-hybridized carbons (Fsp3) is 0.375. The Bertz CT molecular complexity index is 1360. The Morgan fingerprint density at radius 2 is 1.97 bits per heavy atom. The summed E-state index contributed by atoms with van der Waals surface area (Å²) < 4.78 is 5.19. The Balaban J connectivity index is 1.54. The Morgan fingerprint density at radius 1 is 1.20 bits per heavy atom. The number of fused-ring (bicyclic) bond motifs is 7. The maximum Gasteiger partial charge on any atom is 0.311 e. The molecule has 1 N–H and O–H groups in total. The van der Waals surface area contributed by atoms with E-state index in [4.69, 9.17) is 16.3 Å². The monoisotopic (exact) mass is 496 g/mol. The molecule has 0 aromatic heterocycles. The lowest BCUT2D eigenvalue weighted by Gasteiger charge is -2.36. The van der Waals surface area contributed by atoms with E-state index in [1.165, 1.54) is 19.2 Å². The molecule has 10 nitrogen and oxygen atoms in total. The summed E-state index contributed by atoms with van der Waals surface area (Å²) in [6, 6.07) is 7.45. The molecule has 0 aliphatic carbocycles. The van der Waals surface area contributed by atoms with Crippen molar-refractivity contribution in [3.63, 3.8) is 0 Å². The number of hydrogen-bond acceptors (Lipinski definition) is 7. The molecule has 3 amide bonds. The lowest BCUT2D eigenvalue weighted by Crippen LogP contribution is -2.54. The van der Waals surface area contributed by atoms with Crippen molar-refractivity contribution in [2.45, 2.75) is 31.3 Å². The minimum absolute atomic E-state index is 0.0544. The van der Waals surface area contributed by atoms with E-state index < -0.39 is 34.1 Å². The van der Waals surface area contributed by atoms with Crippen LogP contribution in [0.5, 0.6) is 5.75 Å². The summed E-state index contributed by atoms with van der Waals surface area (Å²) in [7, 11) is 1.29. The van der Waals surface area contributed by atoms with Crippen molar-refractivity contribution in [3.05, 3.63) is 56.6 Å². The highest BCUT2D eigenvalue weighted by atomic mass is 35.5. The smallest absolute Gasteiger partial charge is 0.311 e. The number of benzene rings is 2. The van der Waals surface area contributed by atoms with Gasteiger partial charge in [0.1, 0.15) is 5.54 Å². The number of rotatable bonds is 3. The Kier molecular flexibility index (Phi) is 4.56. The average Bonchev–Trinajstić information content (AvgIpc) is 3.52. The topological polar surface area (TPSA) is 122 Å². The van der Waals surface area contributed by atoms with Gasteiger partial charge in [-0.15, -0.1) is 0 Å². The molecule has 0 saturated carbocycles. The molecule has 35 heavy (non-hydrogen) atoms. The number of halogens is 1. The largest absolute Gasteiger partial charge is 0.490 e. The van der Waals surface area contributed by atoms with Crippen molar-refractivity contribution in [1.29, 1.82) is 0 Å². The maximum atomic E-state index is 14.1. The molecule has 2 aromatic rings. The van der Waals surface area contributed by atoms with Crippen molar-refractivity contribution in [3.8, 4) is 5.75 Å². The zero-order valence-electron chi connectivity index (χ0n) is 18.9. The Hall–Kier alpha value is -3.50. The van der Waals surface area contributed by atoms with Gasteiger partial charge in [0.2, 0.25) is 17.7 Å². The van der Waals surface area contributed by atoms with E-state index in [1.807, 2.05) is 4.90 Å². The third-order valence-corrected chi connectivity index (χ3v) is 8.12. The highest BCUT2D eigenvalue weighted by Crippen LogP contribution is 2.61. The molecule has 4 heterocycles. The van der Waals surface area contributed by atoms with E-state index in [1.54, 1.807) is 25.1 Å². The molecule has 4 aliphatic heterocycles. The van der Waals surface area contributed by atoms with Crippen LogP contribution in [0.2, 0.25) is 5.02 Å². The first kappa shape index (κ1) is 22.0. The first-order valence-electron chi connectivity index (χ1n) is 11.3. The van der Waals surface area contributed by atoms with E-state index in [0.717, 1.165) is 11.3 Å². The third kappa shape index (κ3) is 2.61. The standard InChI is InChI=1S/C24H21ClN4O6/c1-11-8-17(29(33)34)18(35-2)10-16(11)28-21(30)19-15-4-3-7-27(15)24(20(19)22(28)31)13-9-12(25)5-6-14(13)26-23(24)32/h5-6,8-10,15,19-20H,3-4,7H2,1-2H3,(H,26,32)/t15-,19-,20+,24-/m1/s1. The summed E-state index contributed by atoms with van der Waals surface area (Å²) in [5, 5.41) is 14.8. The summed E-state index contributed by atoms with van der Waals surface area (Å²) in [4.78, 5) is 55.6. The number of carbonyl (C=O) groups excluding carboxylic acids is 3. The second-order valence-corrected chi connectivity index (χ2v) is 9.83. The molecule has 6 rings (SSSR count). The van der Waals surface area contributed by atoms with Crippen molar-refractivity contribution in [2.75, 3.05) is 23.9 Å². The second-order valence-electron chi connectivity index (χ2n) is 9.40. The van der Waals surface area contributed by atoms with Crippen molar-refractivity contribution in [1.82, 2.24) is 4.90 Å². The first-order chi connectivity index (χ1) is 16.7. The number of nitrogens with one attached hydrogen (secondary N) is 1. The fourth-order valence-corrected chi connectivity index (χ4v) is 6.79.